The molecule has 6 atom stereocenters. The number of aromatic hydroxyl groups is 1. The number of carbonyl (C=O) groups excluding carboxylic acids is 4. The van der Waals surface area contributed by atoms with Gasteiger partial charge in [0.1, 0.15) is 5.75 Å². The van der Waals surface area contributed by atoms with Gasteiger partial charge in [0.2, 0.25) is 11.8 Å². The van der Waals surface area contributed by atoms with Crippen LogP contribution >= 0.6 is 23.2 Å². The molecule has 1 saturated carbocycles. The van der Waals surface area contributed by atoms with Gasteiger partial charge in [0, 0.05) is 18.4 Å². The molecule has 2 saturated heterocycles. The molecule has 2 aromatic rings. The zero-order valence-electron chi connectivity index (χ0n) is 18.0. The summed E-state index contributed by atoms with van der Waals surface area (Å²) < 4.78 is 0. The molecule has 2 heterocycles. The lowest BCUT2D eigenvalue weighted by molar-refractivity contribution is -0.138. The van der Waals surface area contributed by atoms with E-state index in [0.717, 1.165) is 10.5 Å². The van der Waals surface area contributed by atoms with Crippen LogP contribution < -0.4 is 5.32 Å². The monoisotopic (exact) mass is 498 g/mol. The first-order chi connectivity index (χ1) is 16.1. The standard InChI is InChI=1S/C25H20Cl2N2O5/c1-29-22(33)24(26)10-16-14(6-7-15-18(16)21(32)28-20(15)31)19(25(24,27)23(29)34)13-8-9-17(30)12-5-3-2-4-11(12)13/h2-6,8-9,15-16,18-19,30H,7,10H2,1H3,(H,28,31,32)/t15-,16+,18-,19-,24+,25-/m0/s1. The van der Waals surface area contributed by atoms with E-state index in [-0.39, 0.29) is 18.1 Å². The van der Waals surface area contributed by atoms with Crippen molar-refractivity contribution in [2.75, 3.05) is 7.05 Å². The van der Waals surface area contributed by atoms with Gasteiger partial charge in [-0.2, -0.15) is 0 Å². The van der Waals surface area contributed by atoms with Crippen molar-refractivity contribution in [3.63, 3.8) is 0 Å². The third-order valence-electron chi connectivity index (χ3n) is 8.10. The second-order valence-electron chi connectivity index (χ2n) is 9.57. The fourth-order valence-electron chi connectivity index (χ4n) is 6.56. The molecule has 34 heavy (non-hydrogen) atoms. The predicted octanol–water partition coefficient (Wildman–Crippen LogP) is 2.82. The molecule has 0 unspecified atom stereocenters. The van der Waals surface area contributed by atoms with Gasteiger partial charge in [0.05, 0.1) is 11.8 Å². The number of hydrogen-bond donors (Lipinski definition) is 2. The molecule has 4 amide bonds. The van der Waals surface area contributed by atoms with Crippen LogP contribution in [-0.4, -0.2) is 50.4 Å². The third-order valence-corrected chi connectivity index (χ3v) is 9.52. The van der Waals surface area contributed by atoms with Crippen LogP contribution in [0.2, 0.25) is 0 Å². The van der Waals surface area contributed by atoms with Crippen LogP contribution in [0.1, 0.15) is 24.3 Å². The van der Waals surface area contributed by atoms with Gasteiger partial charge in [-0.15, -0.1) is 23.2 Å². The molecule has 3 fully saturated rings. The van der Waals surface area contributed by atoms with Crippen LogP contribution in [0.15, 0.2) is 48.0 Å². The van der Waals surface area contributed by atoms with Crippen molar-refractivity contribution in [1.82, 2.24) is 10.2 Å². The first kappa shape index (κ1) is 21.6. The molecular formula is C25H20Cl2N2O5. The highest BCUT2D eigenvalue weighted by atomic mass is 35.5. The molecule has 2 aliphatic carbocycles. The Morgan fingerprint density at radius 2 is 1.68 bits per heavy atom. The van der Waals surface area contributed by atoms with Gasteiger partial charge in [-0.3, -0.25) is 29.4 Å². The van der Waals surface area contributed by atoms with Gasteiger partial charge >= 0.3 is 0 Å². The van der Waals surface area contributed by atoms with E-state index in [2.05, 4.69) is 5.32 Å². The smallest absolute Gasteiger partial charge is 0.253 e. The molecule has 174 valence electrons. The van der Waals surface area contributed by atoms with E-state index in [4.69, 9.17) is 23.2 Å². The lowest BCUT2D eigenvalue weighted by Gasteiger charge is -2.51. The average molecular weight is 499 g/mol. The number of allylic oxidation sites excluding steroid dienone is 2. The summed E-state index contributed by atoms with van der Waals surface area (Å²) in [6.45, 7) is 0. The maximum atomic E-state index is 13.6. The zero-order valence-corrected chi connectivity index (χ0v) is 19.6. The van der Waals surface area contributed by atoms with Crippen LogP contribution in [0.5, 0.6) is 5.75 Å². The van der Waals surface area contributed by atoms with Gasteiger partial charge in [-0.05, 0) is 35.8 Å². The number of alkyl halides is 2. The molecule has 2 aliphatic heterocycles. The predicted molar refractivity (Wildman–Crippen MR) is 124 cm³/mol. The Morgan fingerprint density at radius 1 is 0.971 bits per heavy atom. The molecular weight excluding hydrogens is 479 g/mol. The van der Waals surface area contributed by atoms with Gasteiger partial charge in [-0.1, -0.05) is 42.0 Å². The molecule has 0 spiro atoms. The summed E-state index contributed by atoms with van der Waals surface area (Å²) in [6.07, 6.45) is 2.17. The number of halogens is 2. The van der Waals surface area contributed by atoms with E-state index >= 15 is 0 Å². The van der Waals surface area contributed by atoms with E-state index in [1.54, 1.807) is 18.2 Å². The Labute approximate surface area is 204 Å². The van der Waals surface area contributed by atoms with Crippen molar-refractivity contribution in [2.45, 2.75) is 28.5 Å². The van der Waals surface area contributed by atoms with Crippen molar-refractivity contribution >= 4 is 57.6 Å². The summed E-state index contributed by atoms with van der Waals surface area (Å²) in [6, 6.07) is 10.4. The summed E-state index contributed by atoms with van der Waals surface area (Å²) in [5.41, 5.74) is 1.36. The van der Waals surface area contributed by atoms with Crippen LogP contribution in [0.25, 0.3) is 10.8 Å². The molecule has 7 nitrogen and oxygen atoms in total. The zero-order chi connectivity index (χ0) is 24.2. The number of fused-ring (bicyclic) bond motifs is 5. The summed E-state index contributed by atoms with van der Waals surface area (Å²) in [7, 11) is 1.36. The van der Waals surface area contributed by atoms with Gasteiger partial charge in [0.15, 0.2) is 9.75 Å². The largest absolute Gasteiger partial charge is 0.507 e. The Hall–Kier alpha value is -2.90. The van der Waals surface area contributed by atoms with Crippen molar-refractivity contribution < 1.29 is 24.3 Å². The number of phenolic OH excluding ortho intramolecular Hbond substituents is 1. The van der Waals surface area contributed by atoms with Crippen LogP contribution in [0, 0.1) is 17.8 Å². The summed E-state index contributed by atoms with van der Waals surface area (Å²) in [5, 5.41) is 14.1. The molecule has 2 aromatic carbocycles. The first-order valence-electron chi connectivity index (χ1n) is 11.1. The normalized spacial score (nSPS) is 36.8. The number of benzene rings is 2. The summed E-state index contributed by atoms with van der Waals surface area (Å²) >= 11 is 14.2. The van der Waals surface area contributed by atoms with Crippen molar-refractivity contribution in [1.29, 1.82) is 0 Å². The van der Waals surface area contributed by atoms with E-state index in [0.29, 0.717) is 22.8 Å². The van der Waals surface area contributed by atoms with Crippen LogP contribution in [0.3, 0.4) is 0 Å². The number of rotatable bonds is 1. The summed E-state index contributed by atoms with van der Waals surface area (Å²) in [4.78, 5) is 49.5. The highest BCUT2D eigenvalue weighted by molar-refractivity contribution is 6.53. The highest BCUT2D eigenvalue weighted by Crippen LogP contribution is 2.65. The highest BCUT2D eigenvalue weighted by Gasteiger charge is 2.75. The SMILES string of the molecule is CN1C(=O)[C@]2(Cl)C[C@@H]3C(=CC[C@@H]4C(=O)NC(=O)[C@@H]43)[C@H](c3ccc(O)c4ccccc34)[C@]2(Cl)C1=O. The molecule has 0 aromatic heterocycles. The fraction of sp³-hybridized carbons (Fsp3) is 0.360. The summed E-state index contributed by atoms with van der Waals surface area (Å²) in [5.74, 6) is -4.52. The number of imide groups is 2. The minimum atomic E-state index is -1.84. The quantitative estimate of drug-likeness (QED) is 0.357. The maximum absolute atomic E-state index is 13.6. The average Bonchev–Trinajstić information content (AvgIpc) is 3.18. The van der Waals surface area contributed by atoms with Crippen LogP contribution in [0.4, 0.5) is 0 Å². The molecule has 4 aliphatic rings. The van der Waals surface area contributed by atoms with E-state index in [1.807, 2.05) is 18.2 Å². The number of carbonyl (C=O) groups is 4. The van der Waals surface area contributed by atoms with Gasteiger partial charge < -0.3 is 5.11 Å². The molecule has 2 N–H and O–H groups in total. The number of hydrogen-bond acceptors (Lipinski definition) is 5. The Morgan fingerprint density at radius 3 is 2.41 bits per heavy atom. The van der Waals surface area contributed by atoms with Crippen molar-refractivity contribution in [2.24, 2.45) is 17.8 Å². The van der Waals surface area contributed by atoms with Crippen LogP contribution in [-0.2, 0) is 19.2 Å². The molecule has 0 bridgehead atoms. The van der Waals surface area contributed by atoms with E-state index in [9.17, 15) is 24.3 Å². The number of likely N-dealkylation sites (tertiary alicyclic amines) is 1. The third kappa shape index (κ3) is 2.39. The minimum Gasteiger partial charge on any atom is -0.507 e. The number of amides is 4. The first-order valence-corrected chi connectivity index (χ1v) is 11.8. The number of phenols is 1. The number of nitrogens with one attached hydrogen (secondary N) is 1. The molecule has 9 heteroatoms. The minimum absolute atomic E-state index is 0.0345. The van der Waals surface area contributed by atoms with Gasteiger partial charge in [0.25, 0.3) is 11.8 Å². The molecule has 0 radical (unpaired) electrons. The van der Waals surface area contributed by atoms with Crippen molar-refractivity contribution in [3.8, 4) is 5.75 Å². The Kier molecular flexibility index (Phi) is 4.34. The van der Waals surface area contributed by atoms with E-state index in [1.165, 1.54) is 13.1 Å². The topological polar surface area (TPSA) is 104 Å². The van der Waals surface area contributed by atoms with Gasteiger partial charge in [-0.25, -0.2) is 0 Å². The second kappa shape index (κ2) is 6.83. The fourth-order valence-corrected chi connectivity index (χ4v) is 7.57. The Balaban J connectivity index is 1.66. The lowest BCUT2D eigenvalue weighted by Crippen LogP contribution is -2.60. The number of nitrogens with zero attached hydrogens (tertiary/aromatic N) is 1. The Bertz CT molecular complexity index is 1370. The maximum Gasteiger partial charge on any atom is 0.253 e. The lowest BCUT2D eigenvalue weighted by atomic mass is 9.56. The molecule has 6 rings (SSSR count). The van der Waals surface area contributed by atoms with Crippen molar-refractivity contribution in [3.05, 3.63) is 53.6 Å². The second-order valence-corrected chi connectivity index (χ2v) is 10.8. The van der Waals surface area contributed by atoms with E-state index < -0.39 is 51.1 Å².